The first-order valence-electron chi connectivity index (χ1n) is 5.19. The number of alkyl halides is 3. The standard InChI is InChI=1S/C13H9F3O2/c14-13(15,16)10-4-1-3-9(7-10)8-11(17)12-5-2-6-18-12/h1-7H,8H2. The van der Waals surface area contributed by atoms with Crippen molar-refractivity contribution in [3.05, 3.63) is 59.5 Å². The van der Waals surface area contributed by atoms with Gasteiger partial charge < -0.3 is 4.42 Å². The molecule has 94 valence electrons. The van der Waals surface area contributed by atoms with Crippen LogP contribution in [0, 0.1) is 0 Å². The smallest absolute Gasteiger partial charge is 0.416 e. The van der Waals surface area contributed by atoms with Crippen LogP contribution in [0.15, 0.2) is 47.1 Å². The maximum absolute atomic E-state index is 12.5. The van der Waals surface area contributed by atoms with Gasteiger partial charge >= 0.3 is 6.18 Å². The monoisotopic (exact) mass is 254 g/mol. The van der Waals surface area contributed by atoms with Crippen molar-refractivity contribution in [2.45, 2.75) is 12.6 Å². The quantitative estimate of drug-likeness (QED) is 0.781. The van der Waals surface area contributed by atoms with Gasteiger partial charge in [0.2, 0.25) is 5.78 Å². The van der Waals surface area contributed by atoms with Crippen molar-refractivity contribution >= 4 is 5.78 Å². The second kappa shape index (κ2) is 4.68. The molecule has 0 saturated carbocycles. The number of Topliss-reactive ketones (excluding diaryl/α,β-unsaturated/α-hetero) is 1. The van der Waals surface area contributed by atoms with Crippen LogP contribution >= 0.6 is 0 Å². The van der Waals surface area contributed by atoms with Crippen molar-refractivity contribution in [2.24, 2.45) is 0 Å². The molecule has 2 aromatic rings. The highest BCUT2D eigenvalue weighted by Crippen LogP contribution is 2.29. The topological polar surface area (TPSA) is 30.2 Å². The SMILES string of the molecule is O=C(Cc1cccc(C(F)(F)F)c1)c1ccco1. The zero-order valence-corrected chi connectivity index (χ0v) is 9.20. The van der Waals surface area contributed by atoms with Gasteiger partial charge in [-0.3, -0.25) is 4.79 Å². The molecular weight excluding hydrogens is 245 g/mol. The first-order chi connectivity index (χ1) is 8.47. The molecule has 0 radical (unpaired) electrons. The number of benzene rings is 1. The molecule has 0 spiro atoms. The summed E-state index contributed by atoms with van der Waals surface area (Å²) in [5.41, 5.74) is -0.446. The van der Waals surface area contributed by atoms with E-state index in [1.54, 1.807) is 6.07 Å². The molecule has 18 heavy (non-hydrogen) atoms. The molecular formula is C13H9F3O2. The molecule has 0 unspecified atom stereocenters. The number of furan rings is 1. The molecule has 5 heteroatoms. The summed E-state index contributed by atoms with van der Waals surface area (Å²) in [6, 6.07) is 7.75. The van der Waals surface area contributed by atoms with Crippen LogP contribution in [-0.4, -0.2) is 5.78 Å². The maximum atomic E-state index is 12.5. The van der Waals surface area contributed by atoms with Gasteiger partial charge in [-0.25, -0.2) is 0 Å². The second-order valence-electron chi connectivity index (χ2n) is 3.78. The van der Waals surface area contributed by atoms with Gasteiger partial charge in [0, 0.05) is 6.42 Å². The number of hydrogen-bond acceptors (Lipinski definition) is 2. The Bertz CT molecular complexity index is 542. The molecule has 1 heterocycles. The van der Waals surface area contributed by atoms with E-state index in [4.69, 9.17) is 4.42 Å². The normalized spacial score (nSPS) is 11.5. The van der Waals surface area contributed by atoms with Gasteiger partial charge in [0.15, 0.2) is 5.76 Å². The summed E-state index contributed by atoms with van der Waals surface area (Å²) < 4.78 is 42.3. The lowest BCUT2D eigenvalue weighted by Crippen LogP contribution is -2.07. The van der Waals surface area contributed by atoms with Crippen LogP contribution < -0.4 is 0 Å². The molecule has 0 aliphatic carbocycles. The zero-order chi connectivity index (χ0) is 13.2. The molecule has 0 fully saturated rings. The Balaban J connectivity index is 2.18. The summed E-state index contributed by atoms with van der Waals surface area (Å²) in [4.78, 5) is 11.7. The molecule has 0 amide bonds. The Morgan fingerprint density at radius 1 is 1.17 bits per heavy atom. The van der Waals surface area contributed by atoms with E-state index < -0.39 is 11.7 Å². The summed E-state index contributed by atoms with van der Waals surface area (Å²) in [5, 5.41) is 0. The first-order valence-corrected chi connectivity index (χ1v) is 5.19. The van der Waals surface area contributed by atoms with Gasteiger partial charge in [-0.15, -0.1) is 0 Å². The minimum atomic E-state index is -4.40. The molecule has 0 saturated heterocycles. The lowest BCUT2D eigenvalue weighted by Gasteiger charge is -2.07. The lowest BCUT2D eigenvalue weighted by atomic mass is 10.0. The Labute approximate surface area is 101 Å². The highest BCUT2D eigenvalue weighted by molar-refractivity contribution is 5.94. The van der Waals surface area contributed by atoms with Crippen LogP contribution in [-0.2, 0) is 12.6 Å². The summed E-state index contributed by atoms with van der Waals surface area (Å²) in [5.74, 6) is -0.202. The summed E-state index contributed by atoms with van der Waals surface area (Å²) in [6.45, 7) is 0. The van der Waals surface area contributed by atoms with Gasteiger partial charge in [0.05, 0.1) is 11.8 Å². The molecule has 1 aromatic heterocycles. The average molecular weight is 254 g/mol. The van der Waals surface area contributed by atoms with Crippen molar-refractivity contribution in [3.8, 4) is 0 Å². The largest absolute Gasteiger partial charge is 0.461 e. The van der Waals surface area contributed by atoms with Gasteiger partial charge in [-0.1, -0.05) is 18.2 Å². The van der Waals surface area contributed by atoms with Crippen molar-refractivity contribution in [2.75, 3.05) is 0 Å². The van der Waals surface area contributed by atoms with Crippen molar-refractivity contribution in [1.29, 1.82) is 0 Å². The first kappa shape index (κ1) is 12.4. The summed E-state index contributed by atoms with van der Waals surface area (Å²) in [6.07, 6.45) is -3.17. The minimum absolute atomic E-state index is 0.114. The predicted molar refractivity (Wildman–Crippen MR) is 58.2 cm³/mol. The van der Waals surface area contributed by atoms with E-state index in [1.165, 1.54) is 24.5 Å². The second-order valence-corrected chi connectivity index (χ2v) is 3.78. The highest BCUT2D eigenvalue weighted by atomic mass is 19.4. The third-order valence-corrected chi connectivity index (χ3v) is 2.41. The lowest BCUT2D eigenvalue weighted by molar-refractivity contribution is -0.137. The molecule has 2 nitrogen and oxygen atoms in total. The Hall–Kier alpha value is -2.04. The average Bonchev–Trinajstić information content (AvgIpc) is 2.81. The van der Waals surface area contributed by atoms with Gasteiger partial charge in [0.25, 0.3) is 0 Å². The fraction of sp³-hybridized carbons (Fsp3) is 0.154. The van der Waals surface area contributed by atoms with E-state index in [-0.39, 0.29) is 18.0 Å². The Kier molecular flexibility index (Phi) is 3.23. The Morgan fingerprint density at radius 3 is 2.56 bits per heavy atom. The van der Waals surface area contributed by atoms with E-state index in [2.05, 4.69) is 0 Å². The van der Waals surface area contributed by atoms with E-state index in [0.717, 1.165) is 12.1 Å². The van der Waals surface area contributed by atoms with Crippen molar-refractivity contribution < 1.29 is 22.4 Å². The van der Waals surface area contributed by atoms with Crippen LogP contribution in [0.4, 0.5) is 13.2 Å². The van der Waals surface area contributed by atoms with Crippen LogP contribution in [0.25, 0.3) is 0 Å². The molecule has 0 atom stereocenters. The van der Waals surface area contributed by atoms with Gasteiger partial charge in [-0.05, 0) is 23.8 Å². The number of carbonyl (C=O) groups excluding carboxylic acids is 1. The van der Waals surface area contributed by atoms with Crippen LogP contribution in [0.5, 0.6) is 0 Å². The molecule has 0 bridgehead atoms. The third kappa shape index (κ3) is 2.80. The van der Waals surface area contributed by atoms with E-state index in [1.807, 2.05) is 0 Å². The number of hydrogen-bond donors (Lipinski definition) is 0. The highest BCUT2D eigenvalue weighted by Gasteiger charge is 2.30. The fourth-order valence-electron chi connectivity index (χ4n) is 1.57. The van der Waals surface area contributed by atoms with Crippen LogP contribution in [0.1, 0.15) is 21.7 Å². The number of ketones is 1. The van der Waals surface area contributed by atoms with Crippen LogP contribution in [0.2, 0.25) is 0 Å². The molecule has 0 aliphatic rings. The van der Waals surface area contributed by atoms with Crippen molar-refractivity contribution in [3.63, 3.8) is 0 Å². The molecule has 1 aromatic carbocycles. The molecule has 0 N–H and O–H groups in total. The van der Waals surface area contributed by atoms with E-state index in [9.17, 15) is 18.0 Å². The predicted octanol–water partition coefficient (Wildman–Crippen LogP) is 3.72. The number of halogens is 3. The van der Waals surface area contributed by atoms with Gasteiger partial charge in [0.1, 0.15) is 0 Å². The number of rotatable bonds is 3. The van der Waals surface area contributed by atoms with Crippen LogP contribution in [0.3, 0.4) is 0 Å². The zero-order valence-electron chi connectivity index (χ0n) is 9.20. The molecule has 0 aliphatic heterocycles. The fourth-order valence-corrected chi connectivity index (χ4v) is 1.57. The van der Waals surface area contributed by atoms with Crippen molar-refractivity contribution in [1.82, 2.24) is 0 Å². The Morgan fingerprint density at radius 2 is 1.94 bits per heavy atom. The summed E-state index contributed by atoms with van der Waals surface area (Å²) in [7, 11) is 0. The van der Waals surface area contributed by atoms with E-state index in [0.29, 0.717) is 5.56 Å². The third-order valence-electron chi connectivity index (χ3n) is 2.41. The maximum Gasteiger partial charge on any atom is 0.416 e. The van der Waals surface area contributed by atoms with Gasteiger partial charge in [-0.2, -0.15) is 13.2 Å². The number of carbonyl (C=O) groups is 1. The summed E-state index contributed by atoms with van der Waals surface area (Å²) >= 11 is 0. The van der Waals surface area contributed by atoms with E-state index >= 15 is 0 Å². The molecule has 2 rings (SSSR count). The minimum Gasteiger partial charge on any atom is -0.461 e.